The van der Waals surface area contributed by atoms with E-state index in [1.165, 1.54) is 0 Å². The van der Waals surface area contributed by atoms with Crippen LogP contribution in [-0.2, 0) is 14.3 Å². The van der Waals surface area contributed by atoms with Crippen molar-refractivity contribution in [2.45, 2.75) is 53.9 Å². The first-order chi connectivity index (χ1) is 12.6. The highest BCUT2D eigenvalue weighted by molar-refractivity contribution is 5.96. The predicted octanol–water partition coefficient (Wildman–Crippen LogP) is 4.33. The zero-order chi connectivity index (χ0) is 19.9. The number of ketones is 1. The SMILES string of the molecule is CCOC(=O)C1=C(C)NC2=CC(C)(C)CC(=O)C2C1c1cc(C)ccc1C. The van der Waals surface area contributed by atoms with E-state index >= 15 is 0 Å². The summed E-state index contributed by atoms with van der Waals surface area (Å²) >= 11 is 0. The van der Waals surface area contributed by atoms with Gasteiger partial charge in [-0.25, -0.2) is 4.79 Å². The van der Waals surface area contributed by atoms with Gasteiger partial charge in [0, 0.05) is 23.7 Å². The smallest absolute Gasteiger partial charge is 0.336 e. The van der Waals surface area contributed by atoms with E-state index in [0.29, 0.717) is 18.6 Å². The Balaban J connectivity index is 2.25. The number of hydrogen-bond acceptors (Lipinski definition) is 4. The van der Waals surface area contributed by atoms with Crippen LogP contribution in [0, 0.1) is 25.2 Å². The summed E-state index contributed by atoms with van der Waals surface area (Å²) in [4.78, 5) is 26.0. The molecule has 0 amide bonds. The molecule has 1 N–H and O–H groups in total. The Kier molecular flexibility index (Phi) is 5.02. The number of ether oxygens (including phenoxy) is 1. The average molecular weight is 367 g/mol. The number of allylic oxidation sites excluding steroid dienone is 3. The average Bonchev–Trinajstić information content (AvgIpc) is 2.54. The summed E-state index contributed by atoms with van der Waals surface area (Å²) in [6, 6.07) is 6.22. The molecular formula is C23H29NO3. The van der Waals surface area contributed by atoms with Crippen LogP contribution >= 0.6 is 0 Å². The lowest BCUT2D eigenvalue weighted by Gasteiger charge is -2.41. The quantitative estimate of drug-likeness (QED) is 0.808. The molecule has 0 aromatic heterocycles. The minimum atomic E-state index is -0.373. The maximum atomic E-state index is 13.2. The van der Waals surface area contributed by atoms with Gasteiger partial charge < -0.3 is 10.1 Å². The fourth-order valence-corrected chi connectivity index (χ4v) is 4.38. The molecule has 0 saturated carbocycles. The van der Waals surface area contributed by atoms with Gasteiger partial charge in [-0.1, -0.05) is 43.7 Å². The number of rotatable bonds is 3. The molecule has 0 bridgehead atoms. The van der Waals surface area contributed by atoms with Crippen LogP contribution in [0.3, 0.4) is 0 Å². The van der Waals surface area contributed by atoms with E-state index in [1.54, 1.807) is 6.92 Å². The van der Waals surface area contributed by atoms with Gasteiger partial charge in [-0.3, -0.25) is 4.79 Å². The summed E-state index contributed by atoms with van der Waals surface area (Å²) < 4.78 is 5.36. The molecule has 2 aliphatic rings. The van der Waals surface area contributed by atoms with Gasteiger partial charge in [0.25, 0.3) is 0 Å². The number of esters is 1. The molecular weight excluding hydrogens is 338 g/mol. The Morgan fingerprint density at radius 3 is 2.59 bits per heavy atom. The number of benzene rings is 1. The Labute approximate surface area is 161 Å². The molecule has 1 heterocycles. The predicted molar refractivity (Wildman–Crippen MR) is 106 cm³/mol. The summed E-state index contributed by atoms with van der Waals surface area (Å²) in [6.07, 6.45) is 2.63. The van der Waals surface area contributed by atoms with Gasteiger partial charge in [0.1, 0.15) is 5.78 Å². The van der Waals surface area contributed by atoms with Crippen molar-refractivity contribution in [2.24, 2.45) is 11.3 Å². The van der Waals surface area contributed by atoms with Gasteiger partial charge in [0.15, 0.2) is 0 Å². The number of nitrogens with one attached hydrogen (secondary N) is 1. The maximum Gasteiger partial charge on any atom is 0.336 e. The fourth-order valence-electron chi connectivity index (χ4n) is 4.38. The third-order valence-corrected chi connectivity index (χ3v) is 5.50. The molecule has 144 valence electrons. The molecule has 3 rings (SSSR count). The van der Waals surface area contributed by atoms with Crippen LogP contribution in [0.4, 0.5) is 0 Å². The second-order valence-corrected chi connectivity index (χ2v) is 8.43. The number of fused-ring (bicyclic) bond motifs is 1. The van der Waals surface area contributed by atoms with Crippen molar-refractivity contribution in [3.8, 4) is 0 Å². The van der Waals surface area contributed by atoms with E-state index in [2.05, 4.69) is 43.4 Å². The van der Waals surface area contributed by atoms with Crippen LogP contribution < -0.4 is 5.32 Å². The van der Waals surface area contributed by atoms with Crippen LogP contribution in [0.2, 0.25) is 0 Å². The van der Waals surface area contributed by atoms with Crippen molar-refractivity contribution in [2.75, 3.05) is 6.61 Å². The van der Waals surface area contributed by atoms with Gasteiger partial charge in [0.2, 0.25) is 0 Å². The van der Waals surface area contributed by atoms with Crippen molar-refractivity contribution < 1.29 is 14.3 Å². The van der Waals surface area contributed by atoms with Crippen molar-refractivity contribution in [1.82, 2.24) is 5.32 Å². The molecule has 2 unspecified atom stereocenters. The third-order valence-electron chi connectivity index (χ3n) is 5.50. The standard InChI is InChI=1S/C23H29NO3/c1-7-27-22(26)19-15(4)24-17-11-23(5,6)12-18(25)21(17)20(19)16-10-13(2)8-9-14(16)3/h8-11,20-21,24H,7,12H2,1-6H3. The van der Waals surface area contributed by atoms with E-state index in [9.17, 15) is 9.59 Å². The first-order valence-corrected chi connectivity index (χ1v) is 9.62. The number of Topliss-reactive ketones (excluding diaryl/α,β-unsaturated/α-hetero) is 1. The second kappa shape index (κ2) is 6.99. The van der Waals surface area contributed by atoms with Gasteiger partial charge in [0.05, 0.1) is 18.1 Å². The molecule has 4 heteroatoms. The van der Waals surface area contributed by atoms with Crippen molar-refractivity contribution >= 4 is 11.8 Å². The molecule has 4 nitrogen and oxygen atoms in total. The third kappa shape index (κ3) is 3.58. The fraction of sp³-hybridized carbons (Fsp3) is 0.478. The molecule has 0 saturated heterocycles. The first-order valence-electron chi connectivity index (χ1n) is 9.62. The van der Waals surface area contributed by atoms with Crippen molar-refractivity contribution in [3.05, 3.63) is 57.9 Å². The lowest BCUT2D eigenvalue weighted by molar-refractivity contribution is -0.139. The molecule has 0 radical (unpaired) electrons. The summed E-state index contributed by atoms with van der Waals surface area (Å²) in [5, 5.41) is 3.35. The molecule has 27 heavy (non-hydrogen) atoms. The van der Waals surface area contributed by atoms with E-state index in [1.807, 2.05) is 20.8 Å². The Bertz CT molecular complexity index is 860. The molecule has 1 aromatic carbocycles. The van der Waals surface area contributed by atoms with Crippen LogP contribution in [0.25, 0.3) is 0 Å². The van der Waals surface area contributed by atoms with Gasteiger partial charge >= 0.3 is 5.97 Å². The zero-order valence-electron chi connectivity index (χ0n) is 17.1. The largest absolute Gasteiger partial charge is 0.463 e. The van der Waals surface area contributed by atoms with Crippen LogP contribution in [0.15, 0.2) is 41.2 Å². The van der Waals surface area contributed by atoms with Crippen molar-refractivity contribution in [3.63, 3.8) is 0 Å². The Morgan fingerprint density at radius 1 is 1.22 bits per heavy atom. The highest BCUT2D eigenvalue weighted by Crippen LogP contribution is 2.47. The molecule has 0 spiro atoms. The second-order valence-electron chi connectivity index (χ2n) is 8.43. The van der Waals surface area contributed by atoms with Gasteiger partial charge in [-0.05, 0) is 44.2 Å². The summed E-state index contributed by atoms with van der Waals surface area (Å²) in [5.74, 6) is -0.864. The van der Waals surface area contributed by atoms with Crippen LogP contribution in [-0.4, -0.2) is 18.4 Å². The lowest BCUT2D eigenvalue weighted by atomic mass is 9.66. The van der Waals surface area contributed by atoms with Crippen LogP contribution in [0.5, 0.6) is 0 Å². The summed E-state index contributed by atoms with van der Waals surface area (Å²) in [6.45, 7) is 12.2. The number of aryl methyl sites for hydroxylation is 2. The van der Waals surface area contributed by atoms with E-state index in [-0.39, 0.29) is 29.0 Å². The highest BCUT2D eigenvalue weighted by Gasteiger charge is 2.46. The normalized spacial score (nSPS) is 24.1. The van der Waals surface area contributed by atoms with E-state index in [4.69, 9.17) is 4.74 Å². The summed E-state index contributed by atoms with van der Waals surface area (Å²) in [5.41, 5.74) is 5.29. The minimum absolute atomic E-state index is 0.171. The Morgan fingerprint density at radius 2 is 1.93 bits per heavy atom. The minimum Gasteiger partial charge on any atom is -0.463 e. The maximum absolute atomic E-state index is 13.2. The molecule has 1 aliphatic heterocycles. The zero-order valence-corrected chi connectivity index (χ0v) is 17.1. The van der Waals surface area contributed by atoms with Gasteiger partial charge in [-0.2, -0.15) is 0 Å². The molecule has 1 aromatic rings. The van der Waals surface area contributed by atoms with Gasteiger partial charge in [-0.15, -0.1) is 0 Å². The monoisotopic (exact) mass is 367 g/mol. The van der Waals surface area contributed by atoms with E-state index < -0.39 is 0 Å². The van der Waals surface area contributed by atoms with Crippen molar-refractivity contribution in [1.29, 1.82) is 0 Å². The molecule has 0 fully saturated rings. The molecule has 1 aliphatic carbocycles. The van der Waals surface area contributed by atoms with E-state index in [0.717, 1.165) is 28.1 Å². The first kappa shape index (κ1) is 19.4. The number of hydrogen-bond donors (Lipinski definition) is 1. The number of carbonyl (C=O) groups excluding carboxylic acids is 2. The Hall–Kier alpha value is -2.36. The number of carbonyl (C=O) groups is 2. The molecule has 2 atom stereocenters. The highest BCUT2D eigenvalue weighted by atomic mass is 16.5. The topological polar surface area (TPSA) is 55.4 Å². The summed E-state index contributed by atoms with van der Waals surface area (Å²) in [7, 11) is 0. The van der Waals surface area contributed by atoms with Crippen LogP contribution in [0.1, 0.15) is 56.7 Å². The lowest BCUT2D eigenvalue weighted by Crippen LogP contribution is -2.43.